The number of nitrogens with zero attached hydrogens (tertiary/aromatic N) is 1. The van der Waals surface area contributed by atoms with Crippen molar-refractivity contribution >= 4 is 0 Å². The van der Waals surface area contributed by atoms with E-state index in [1.807, 2.05) is 7.05 Å². The maximum Gasteiger partial charge on any atom is 0.168 e. The van der Waals surface area contributed by atoms with Crippen LogP contribution in [-0.2, 0) is 0 Å². The highest BCUT2D eigenvalue weighted by molar-refractivity contribution is 4.77. The Labute approximate surface area is 60.5 Å². The molecule has 0 amide bonds. The maximum absolute atomic E-state index is 8.76. The molecular formula is C6H14N2O2. The Morgan fingerprint density at radius 2 is 2.30 bits per heavy atom. The molecule has 0 aromatic rings. The zero-order chi connectivity index (χ0) is 7.56. The molecule has 1 saturated heterocycles. The fourth-order valence-corrected chi connectivity index (χ4v) is 1.13. The molecule has 0 aromatic heterocycles. The Balaban J connectivity index is 2.32. The molecular weight excluding hydrogens is 132 g/mol. The second kappa shape index (κ2) is 3.30. The van der Waals surface area contributed by atoms with Crippen LogP contribution in [0.1, 0.15) is 0 Å². The molecule has 0 aromatic carbocycles. The van der Waals surface area contributed by atoms with E-state index in [0.29, 0.717) is 6.54 Å². The molecule has 1 fully saturated rings. The predicted molar refractivity (Wildman–Crippen MR) is 37.5 cm³/mol. The zero-order valence-electron chi connectivity index (χ0n) is 6.12. The third kappa shape index (κ3) is 1.91. The van der Waals surface area contributed by atoms with Gasteiger partial charge in [0.25, 0.3) is 0 Å². The summed E-state index contributed by atoms with van der Waals surface area (Å²) >= 11 is 0. The summed E-state index contributed by atoms with van der Waals surface area (Å²) in [6.07, 6.45) is -1.23. The molecule has 10 heavy (non-hydrogen) atoms. The van der Waals surface area contributed by atoms with Gasteiger partial charge in [-0.1, -0.05) is 0 Å². The zero-order valence-corrected chi connectivity index (χ0v) is 6.12. The van der Waals surface area contributed by atoms with E-state index in [9.17, 15) is 0 Å². The summed E-state index contributed by atoms with van der Waals surface area (Å²) < 4.78 is 0. The minimum absolute atomic E-state index is 0.182. The van der Waals surface area contributed by atoms with Gasteiger partial charge in [0.1, 0.15) is 0 Å². The maximum atomic E-state index is 8.76. The van der Waals surface area contributed by atoms with Crippen LogP contribution in [0.25, 0.3) is 0 Å². The second-order valence-corrected chi connectivity index (χ2v) is 2.74. The molecule has 0 aliphatic carbocycles. The van der Waals surface area contributed by atoms with Crippen molar-refractivity contribution in [1.29, 1.82) is 0 Å². The van der Waals surface area contributed by atoms with Gasteiger partial charge < -0.3 is 20.4 Å². The van der Waals surface area contributed by atoms with E-state index in [2.05, 4.69) is 10.2 Å². The van der Waals surface area contributed by atoms with E-state index in [-0.39, 0.29) is 6.04 Å². The van der Waals surface area contributed by atoms with Crippen molar-refractivity contribution in [3.05, 3.63) is 0 Å². The van der Waals surface area contributed by atoms with Crippen molar-refractivity contribution in [1.82, 2.24) is 10.2 Å². The Morgan fingerprint density at radius 1 is 1.60 bits per heavy atom. The van der Waals surface area contributed by atoms with Crippen molar-refractivity contribution in [2.45, 2.75) is 12.3 Å². The molecule has 60 valence electrons. The third-order valence-corrected chi connectivity index (χ3v) is 1.77. The van der Waals surface area contributed by atoms with Gasteiger partial charge in [0, 0.05) is 19.6 Å². The average Bonchev–Trinajstić information content (AvgIpc) is 1.88. The van der Waals surface area contributed by atoms with Crippen molar-refractivity contribution in [3.8, 4) is 0 Å². The van der Waals surface area contributed by atoms with Crippen molar-refractivity contribution in [2.24, 2.45) is 0 Å². The highest BCUT2D eigenvalue weighted by Gasteiger charge is 2.21. The number of nitrogens with one attached hydrogen (secondary N) is 1. The molecule has 0 bridgehead atoms. The summed E-state index contributed by atoms with van der Waals surface area (Å²) in [7, 11) is 1.97. The Kier molecular flexibility index (Phi) is 2.62. The summed E-state index contributed by atoms with van der Waals surface area (Å²) in [5.74, 6) is 0. The number of piperazine rings is 1. The van der Waals surface area contributed by atoms with Crippen molar-refractivity contribution in [3.63, 3.8) is 0 Å². The number of hydrogen-bond donors (Lipinski definition) is 3. The first-order valence-electron chi connectivity index (χ1n) is 3.48. The van der Waals surface area contributed by atoms with E-state index in [0.717, 1.165) is 13.1 Å². The first-order valence-corrected chi connectivity index (χ1v) is 3.48. The van der Waals surface area contributed by atoms with Gasteiger partial charge >= 0.3 is 0 Å². The molecule has 1 rings (SSSR count). The van der Waals surface area contributed by atoms with Gasteiger partial charge in [-0.15, -0.1) is 0 Å². The highest BCUT2D eigenvalue weighted by atomic mass is 16.5. The van der Waals surface area contributed by atoms with E-state index in [1.54, 1.807) is 0 Å². The topological polar surface area (TPSA) is 55.7 Å². The van der Waals surface area contributed by atoms with Gasteiger partial charge in [-0.05, 0) is 7.05 Å². The van der Waals surface area contributed by atoms with Gasteiger partial charge in [-0.25, -0.2) is 0 Å². The van der Waals surface area contributed by atoms with Crippen LogP contribution >= 0.6 is 0 Å². The van der Waals surface area contributed by atoms with Crippen molar-refractivity contribution < 1.29 is 10.2 Å². The molecule has 1 heterocycles. The number of likely N-dealkylation sites (N-methyl/N-ethyl adjacent to an activating group) is 1. The molecule has 4 nitrogen and oxygen atoms in total. The summed E-state index contributed by atoms with van der Waals surface area (Å²) in [5, 5.41) is 20.5. The van der Waals surface area contributed by atoms with Crippen LogP contribution in [-0.4, -0.2) is 54.1 Å². The summed E-state index contributed by atoms with van der Waals surface area (Å²) in [6.45, 7) is 2.51. The molecule has 0 unspecified atom stereocenters. The van der Waals surface area contributed by atoms with Gasteiger partial charge in [-0.3, -0.25) is 0 Å². The Hall–Kier alpha value is -0.160. The fourth-order valence-electron chi connectivity index (χ4n) is 1.13. The summed E-state index contributed by atoms with van der Waals surface area (Å²) in [5.41, 5.74) is 0. The van der Waals surface area contributed by atoms with E-state index in [1.165, 1.54) is 0 Å². The Bertz CT molecular complexity index is 108. The number of aliphatic hydroxyl groups excluding tert-OH is 1. The SMILES string of the molecule is CN1CCN[C@H](C(O)O)C1. The monoisotopic (exact) mass is 146 g/mol. The molecule has 4 heteroatoms. The van der Waals surface area contributed by atoms with Crippen LogP contribution in [0, 0.1) is 0 Å². The van der Waals surface area contributed by atoms with Crippen LogP contribution in [0.5, 0.6) is 0 Å². The quantitative estimate of drug-likeness (QED) is 0.382. The second-order valence-electron chi connectivity index (χ2n) is 2.74. The molecule has 1 atom stereocenters. The lowest BCUT2D eigenvalue weighted by Gasteiger charge is -2.31. The summed E-state index contributed by atoms with van der Waals surface area (Å²) in [6, 6.07) is -0.182. The molecule has 1 aliphatic rings. The average molecular weight is 146 g/mol. The van der Waals surface area contributed by atoms with Crippen molar-refractivity contribution in [2.75, 3.05) is 26.7 Å². The smallest absolute Gasteiger partial charge is 0.168 e. The van der Waals surface area contributed by atoms with Crippen LogP contribution in [0.2, 0.25) is 0 Å². The molecule has 0 spiro atoms. The minimum Gasteiger partial charge on any atom is -0.367 e. The largest absolute Gasteiger partial charge is 0.367 e. The standard InChI is InChI=1S/C6H14N2O2/c1-8-3-2-7-5(4-8)6(9)10/h5-7,9-10H,2-4H2,1H3/t5-/m0/s1. The van der Waals surface area contributed by atoms with E-state index < -0.39 is 6.29 Å². The molecule has 3 N–H and O–H groups in total. The fraction of sp³-hybridized carbons (Fsp3) is 1.00. The lowest BCUT2D eigenvalue weighted by atomic mass is 10.2. The first kappa shape index (κ1) is 7.94. The van der Waals surface area contributed by atoms with Crippen LogP contribution in [0.15, 0.2) is 0 Å². The van der Waals surface area contributed by atoms with E-state index in [4.69, 9.17) is 10.2 Å². The van der Waals surface area contributed by atoms with Crippen LogP contribution < -0.4 is 5.32 Å². The minimum atomic E-state index is -1.23. The molecule has 0 radical (unpaired) electrons. The van der Waals surface area contributed by atoms with Gasteiger partial charge in [0.15, 0.2) is 6.29 Å². The van der Waals surface area contributed by atoms with Crippen LogP contribution in [0.4, 0.5) is 0 Å². The number of aliphatic hydroxyl groups is 2. The van der Waals surface area contributed by atoms with E-state index >= 15 is 0 Å². The lowest BCUT2D eigenvalue weighted by molar-refractivity contribution is -0.0777. The number of hydrogen-bond acceptors (Lipinski definition) is 4. The van der Waals surface area contributed by atoms with Gasteiger partial charge in [0.2, 0.25) is 0 Å². The number of rotatable bonds is 1. The van der Waals surface area contributed by atoms with Gasteiger partial charge in [-0.2, -0.15) is 0 Å². The normalized spacial score (nSPS) is 29.4. The third-order valence-electron chi connectivity index (χ3n) is 1.77. The molecule has 0 saturated carbocycles. The van der Waals surface area contributed by atoms with Gasteiger partial charge in [0.05, 0.1) is 6.04 Å². The summed E-state index contributed by atoms with van der Waals surface area (Å²) in [4.78, 5) is 2.07. The van der Waals surface area contributed by atoms with Crippen LogP contribution in [0.3, 0.4) is 0 Å². The first-order chi connectivity index (χ1) is 4.70. The Morgan fingerprint density at radius 3 is 2.70 bits per heavy atom. The molecule has 1 aliphatic heterocycles. The highest BCUT2D eigenvalue weighted by Crippen LogP contribution is 1.98. The predicted octanol–water partition coefficient (Wildman–Crippen LogP) is -1.80. The lowest BCUT2D eigenvalue weighted by Crippen LogP contribution is -2.54.